The lowest BCUT2D eigenvalue weighted by Gasteiger charge is -2.21. The molecular weight excluding hydrogens is 300 g/mol. The van der Waals surface area contributed by atoms with Crippen molar-refractivity contribution in [1.29, 1.82) is 0 Å². The third-order valence-corrected chi connectivity index (χ3v) is 5.60. The summed E-state index contributed by atoms with van der Waals surface area (Å²) in [5.41, 5.74) is 0. The average Bonchev–Trinajstić information content (AvgIpc) is 2.37. The lowest BCUT2D eigenvalue weighted by atomic mass is 10.4. The van der Waals surface area contributed by atoms with Crippen LogP contribution in [0.3, 0.4) is 0 Å². The summed E-state index contributed by atoms with van der Waals surface area (Å²) >= 11 is 0. The van der Waals surface area contributed by atoms with Crippen LogP contribution in [0, 0.1) is 0 Å². The predicted molar refractivity (Wildman–Crippen MR) is 77.1 cm³/mol. The number of hydrogen-bond acceptors (Lipinski definition) is 4. The topological polar surface area (TPSA) is 97.5 Å². The van der Waals surface area contributed by atoms with Gasteiger partial charge >= 0.3 is 0 Å². The van der Waals surface area contributed by atoms with Crippen molar-refractivity contribution in [1.82, 2.24) is 4.31 Å². The lowest BCUT2D eigenvalue weighted by Crippen LogP contribution is -2.33. The van der Waals surface area contributed by atoms with E-state index < -0.39 is 24.9 Å². The molecule has 6 nitrogen and oxygen atoms in total. The van der Waals surface area contributed by atoms with Crippen molar-refractivity contribution in [3.05, 3.63) is 36.9 Å². The Hall–Kier alpha value is -1.22. The first-order valence-electron chi connectivity index (χ1n) is 5.98. The minimum absolute atomic E-state index is 0.106. The first kappa shape index (κ1) is 16.8. The molecule has 0 saturated carbocycles. The number of nitrogens with zero attached hydrogens (tertiary/aromatic N) is 1. The lowest BCUT2D eigenvalue weighted by molar-refractivity contribution is 0.439. The Bertz CT molecular complexity index is 681. The van der Waals surface area contributed by atoms with Crippen LogP contribution in [-0.4, -0.2) is 34.2 Å². The van der Waals surface area contributed by atoms with E-state index in [1.807, 2.05) is 6.92 Å². The van der Waals surface area contributed by atoms with Crippen LogP contribution in [0.25, 0.3) is 0 Å². The maximum atomic E-state index is 12.5. The number of primary sulfonamides is 1. The van der Waals surface area contributed by atoms with Crippen molar-refractivity contribution in [2.24, 2.45) is 5.14 Å². The maximum Gasteiger partial charge on any atom is 0.244 e. The molecule has 20 heavy (non-hydrogen) atoms. The number of hydrogen-bond donors (Lipinski definition) is 1. The van der Waals surface area contributed by atoms with Gasteiger partial charge < -0.3 is 0 Å². The van der Waals surface area contributed by atoms with Gasteiger partial charge in [0, 0.05) is 13.1 Å². The van der Waals surface area contributed by atoms with Crippen molar-refractivity contribution in [2.75, 3.05) is 13.1 Å². The summed E-state index contributed by atoms with van der Waals surface area (Å²) in [6.07, 6.45) is 2.05. The average molecular weight is 318 g/mol. The highest BCUT2D eigenvalue weighted by Gasteiger charge is 2.28. The summed E-state index contributed by atoms with van der Waals surface area (Å²) in [5, 5.41) is 5.07. The highest BCUT2D eigenvalue weighted by Crippen LogP contribution is 2.23. The zero-order valence-electron chi connectivity index (χ0n) is 11.2. The molecule has 0 atom stereocenters. The molecule has 0 bridgehead atoms. The van der Waals surface area contributed by atoms with Crippen molar-refractivity contribution in [3.63, 3.8) is 0 Å². The van der Waals surface area contributed by atoms with Crippen LogP contribution in [-0.2, 0) is 20.0 Å². The Labute approximate surface area is 120 Å². The molecule has 1 aromatic carbocycles. The first-order chi connectivity index (χ1) is 9.25. The molecule has 0 aliphatic carbocycles. The van der Waals surface area contributed by atoms with Gasteiger partial charge in [-0.3, -0.25) is 0 Å². The second kappa shape index (κ2) is 6.49. The Balaban J connectivity index is 3.46. The van der Waals surface area contributed by atoms with E-state index in [-0.39, 0.29) is 18.0 Å². The quantitative estimate of drug-likeness (QED) is 0.756. The fourth-order valence-electron chi connectivity index (χ4n) is 1.74. The minimum atomic E-state index is -4.11. The van der Waals surface area contributed by atoms with Crippen LogP contribution < -0.4 is 5.14 Å². The number of rotatable bonds is 7. The van der Waals surface area contributed by atoms with Gasteiger partial charge in [0.15, 0.2) is 0 Å². The van der Waals surface area contributed by atoms with E-state index in [4.69, 9.17) is 5.14 Å². The van der Waals surface area contributed by atoms with Crippen LogP contribution in [0.2, 0.25) is 0 Å². The fraction of sp³-hybridized carbons (Fsp3) is 0.333. The van der Waals surface area contributed by atoms with E-state index in [0.717, 1.165) is 0 Å². The smallest absolute Gasteiger partial charge is 0.225 e. The van der Waals surface area contributed by atoms with Crippen molar-refractivity contribution < 1.29 is 16.8 Å². The summed E-state index contributed by atoms with van der Waals surface area (Å²) in [7, 11) is -8.05. The summed E-state index contributed by atoms with van der Waals surface area (Å²) in [5.74, 6) is 0. The van der Waals surface area contributed by atoms with Gasteiger partial charge in [-0.05, 0) is 18.6 Å². The van der Waals surface area contributed by atoms with E-state index in [2.05, 4.69) is 6.58 Å². The van der Waals surface area contributed by atoms with Gasteiger partial charge in [-0.15, -0.1) is 6.58 Å². The molecular formula is C12H18N2O4S2. The van der Waals surface area contributed by atoms with Gasteiger partial charge in [0.2, 0.25) is 20.0 Å². The van der Waals surface area contributed by atoms with Gasteiger partial charge in [-0.1, -0.05) is 25.1 Å². The third kappa shape index (κ3) is 3.66. The van der Waals surface area contributed by atoms with Crippen LogP contribution in [0.1, 0.15) is 13.3 Å². The van der Waals surface area contributed by atoms with Gasteiger partial charge in [0.1, 0.15) is 9.79 Å². The van der Waals surface area contributed by atoms with Crippen LogP contribution in [0.15, 0.2) is 46.7 Å². The molecule has 0 amide bonds. The largest absolute Gasteiger partial charge is 0.244 e. The Morgan fingerprint density at radius 2 is 1.75 bits per heavy atom. The van der Waals surface area contributed by atoms with E-state index >= 15 is 0 Å². The fourth-order valence-corrected chi connectivity index (χ4v) is 4.60. The molecule has 0 fully saturated rings. The van der Waals surface area contributed by atoms with E-state index in [9.17, 15) is 16.8 Å². The highest BCUT2D eigenvalue weighted by molar-refractivity contribution is 7.92. The van der Waals surface area contributed by atoms with Gasteiger partial charge in [0.25, 0.3) is 0 Å². The molecule has 0 aliphatic heterocycles. The molecule has 1 rings (SSSR count). The van der Waals surface area contributed by atoms with Gasteiger partial charge in [-0.25, -0.2) is 22.0 Å². The van der Waals surface area contributed by atoms with Gasteiger partial charge in [-0.2, -0.15) is 4.31 Å². The Morgan fingerprint density at radius 1 is 1.20 bits per heavy atom. The zero-order chi connectivity index (χ0) is 15.4. The van der Waals surface area contributed by atoms with Gasteiger partial charge in [0.05, 0.1) is 0 Å². The maximum absolute atomic E-state index is 12.5. The highest BCUT2D eigenvalue weighted by atomic mass is 32.2. The second-order valence-corrected chi connectivity index (χ2v) is 7.58. The molecule has 0 aliphatic rings. The molecule has 1 aromatic rings. The van der Waals surface area contributed by atoms with Crippen molar-refractivity contribution in [3.8, 4) is 0 Å². The molecule has 0 heterocycles. The van der Waals surface area contributed by atoms with Crippen molar-refractivity contribution >= 4 is 20.0 Å². The summed E-state index contributed by atoms with van der Waals surface area (Å²) in [6, 6.07) is 5.30. The predicted octanol–water partition coefficient (Wildman–Crippen LogP) is 0.921. The summed E-state index contributed by atoms with van der Waals surface area (Å²) in [4.78, 5) is -0.706. The standard InChI is InChI=1S/C12H18N2O4S2/c1-3-9-14(10-4-2)20(17,18)12-8-6-5-7-11(12)19(13,15)16/h3,5-8H,1,4,9-10H2,2H3,(H2,13,15,16). The molecule has 0 spiro atoms. The molecule has 112 valence electrons. The van der Waals surface area contributed by atoms with Crippen LogP contribution in [0.5, 0.6) is 0 Å². The van der Waals surface area contributed by atoms with Crippen LogP contribution >= 0.6 is 0 Å². The second-order valence-electron chi connectivity index (χ2n) is 4.14. The Kier molecular flexibility index (Phi) is 5.46. The molecule has 2 N–H and O–H groups in total. The summed E-state index contributed by atoms with van der Waals surface area (Å²) < 4.78 is 49.3. The third-order valence-electron chi connectivity index (χ3n) is 2.58. The Morgan fingerprint density at radius 3 is 2.20 bits per heavy atom. The number of benzene rings is 1. The van der Waals surface area contributed by atoms with E-state index in [1.54, 1.807) is 0 Å². The molecule has 0 saturated heterocycles. The molecule has 8 heteroatoms. The minimum Gasteiger partial charge on any atom is -0.225 e. The van der Waals surface area contributed by atoms with Crippen LogP contribution in [0.4, 0.5) is 0 Å². The number of nitrogens with two attached hydrogens (primary N) is 1. The normalized spacial score (nSPS) is 12.6. The first-order valence-corrected chi connectivity index (χ1v) is 8.96. The molecule has 0 unspecified atom stereocenters. The molecule has 0 aromatic heterocycles. The number of sulfonamides is 2. The van der Waals surface area contributed by atoms with E-state index in [0.29, 0.717) is 6.42 Å². The summed E-state index contributed by atoms with van der Waals surface area (Å²) in [6.45, 7) is 5.72. The zero-order valence-corrected chi connectivity index (χ0v) is 12.8. The monoisotopic (exact) mass is 318 g/mol. The molecule has 0 radical (unpaired) electrons. The SMILES string of the molecule is C=CCN(CCC)S(=O)(=O)c1ccccc1S(N)(=O)=O. The van der Waals surface area contributed by atoms with E-state index in [1.165, 1.54) is 34.6 Å². The van der Waals surface area contributed by atoms with Crippen molar-refractivity contribution in [2.45, 2.75) is 23.1 Å².